The van der Waals surface area contributed by atoms with Gasteiger partial charge in [0.2, 0.25) is 0 Å². The van der Waals surface area contributed by atoms with Crippen LogP contribution in [0.25, 0.3) is 0 Å². The van der Waals surface area contributed by atoms with Gasteiger partial charge >= 0.3 is 0 Å². The largest absolute Gasteiger partial charge is 0.343 e. The molecule has 0 bridgehead atoms. The molecule has 1 heterocycles. The van der Waals surface area contributed by atoms with Gasteiger partial charge in [0.05, 0.1) is 12.2 Å². The minimum absolute atomic E-state index is 0.0228. The number of amides is 1. The molecule has 0 saturated carbocycles. The van der Waals surface area contributed by atoms with Crippen molar-refractivity contribution in [3.63, 3.8) is 0 Å². The Bertz CT molecular complexity index is 486. The van der Waals surface area contributed by atoms with Crippen LogP contribution in [0.2, 0.25) is 0 Å². The molecule has 0 fully saturated rings. The zero-order valence-electron chi connectivity index (χ0n) is 9.96. The van der Waals surface area contributed by atoms with Crippen LogP contribution >= 0.6 is 11.8 Å². The van der Waals surface area contributed by atoms with Crippen molar-refractivity contribution in [2.45, 2.75) is 6.04 Å². The smallest absolute Gasteiger partial charge is 0.273 e. The Balaban J connectivity index is 2.10. The van der Waals surface area contributed by atoms with Crippen LogP contribution in [0.4, 0.5) is 0 Å². The van der Waals surface area contributed by atoms with Crippen LogP contribution in [-0.4, -0.2) is 33.3 Å². The first-order chi connectivity index (χ1) is 8.81. The summed E-state index contributed by atoms with van der Waals surface area (Å²) in [6, 6.07) is 9.87. The fourth-order valence-corrected chi connectivity index (χ4v) is 2.23. The summed E-state index contributed by atoms with van der Waals surface area (Å²) in [6.07, 6.45) is 3.43. The third-order valence-electron chi connectivity index (χ3n) is 2.49. The van der Waals surface area contributed by atoms with Crippen molar-refractivity contribution in [3.8, 4) is 0 Å². The van der Waals surface area contributed by atoms with Crippen molar-refractivity contribution in [2.24, 2.45) is 0 Å². The van der Waals surface area contributed by atoms with Crippen molar-refractivity contribution in [2.75, 3.05) is 12.0 Å². The Morgan fingerprint density at radius 2 is 2.22 bits per heavy atom. The van der Waals surface area contributed by atoms with Crippen LogP contribution in [0.3, 0.4) is 0 Å². The number of H-pyrrole nitrogens is 1. The van der Waals surface area contributed by atoms with E-state index < -0.39 is 0 Å². The molecule has 2 rings (SSSR count). The van der Waals surface area contributed by atoms with Crippen molar-refractivity contribution in [1.29, 1.82) is 0 Å². The highest BCUT2D eigenvalue weighted by Crippen LogP contribution is 2.17. The highest BCUT2D eigenvalue weighted by Gasteiger charge is 2.16. The predicted octanol–water partition coefficient (Wildman–Crippen LogP) is 1.64. The fraction of sp³-hybridized carbons (Fsp3) is 0.250. The van der Waals surface area contributed by atoms with Gasteiger partial charge in [0.25, 0.3) is 5.91 Å². The Hall–Kier alpha value is -1.82. The average molecular weight is 262 g/mol. The predicted molar refractivity (Wildman–Crippen MR) is 71.4 cm³/mol. The third kappa shape index (κ3) is 3.10. The summed E-state index contributed by atoms with van der Waals surface area (Å²) in [5.74, 6) is 0.597. The third-order valence-corrected chi connectivity index (χ3v) is 3.15. The number of carbonyl (C=O) groups excluding carboxylic acids is 1. The molecule has 0 unspecified atom stereocenters. The van der Waals surface area contributed by atoms with Crippen LogP contribution < -0.4 is 5.32 Å². The van der Waals surface area contributed by atoms with Gasteiger partial charge < -0.3 is 5.32 Å². The van der Waals surface area contributed by atoms with E-state index in [1.807, 2.05) is 36.6 Å². The Labute approximate surface area is 109 Å². The van der Waals surface area contributed by atoms with Gasteiger partial charge in [0.15, 0.2) is 5.69 Å². The molecule has 1 amide bonds. The molecule has 0 aliphatic heterocycles. The zero-order chi connectivity index (χ0) is 12.8. The first-order valence-electron chi connectivity index (χ1n) is 5.52. The first-order valence-corrected chi connectivity index (χ1v) is 6.91. The summed E-state index contributed by atoms with van der Waals surface area (Å²) in [7, 11) is 0. The lowest BCUT2D eigenvalue weighted by molar-refractivity contribution is 0.0935. The maximum atomic E-state index is 11.9. The van der Waals surface area contributed by atoms with Gasteiger partial charge in [-0.2, -0.15) is 27.2 Å². The first kappa shape index (κ1) is 12.6. The molecule has 0 aliphatic carbocycles. The maximum absolute atomic E-state index is 11.9. The fourth-order valence-electron chi connectivity index (χ4n) is 1.62. The Morgan fingerprint density at radius 1 is 1.44 bits per heavy atom. The van der Waals surface area contributed by atoms with Gasteiger partial charge in [0.1, 0.15) is 0 Å². The number of carbonyl (C=O) groups is 1. The number of nitrogens with one attached hydrogen (secondary N) is 2. The lowest BCUT2D eigenvalue weighted by atomic mass is 10.1. The van der Waals surface area contributed by atoms with E-state index in [9.17, 15) is 4.79 Å². The van der Waals surface area contributed by atoms with Crippen molar-refractivity contribution >= 4 is 17.7 Å². The van der Waals surface area contributed by atoms with E-state index in [2.05, 4.69) is 20.7 Å². The van der Waals surface area contributed by atoms with Crippen LogP contribution in [0.15, 0.2) is 36.5 Å². The highest BCUT2D eigenvalue weighted by atomic mass is 32.2. The summed E-state index contributed by atoms with van der Waals surface area (Å²) in [5.41, 5.74) is 1.39. The molecule has 0 aliphatic rings. The van der Waals surface area contributed by atoms with Gasteiger partial charge in [-0.1, -0.05) is 30.3 Å². The minimum Gasteiger partial charge on any atom is -0.343 e. The van der Waals surface area contributed by atoms with Gasteiger partial charge in [0, 0.05) is 5.75 Å². The molecule has 2 N–H and O–H groups in total. The number of hydrogen-bond donors (Lipinski definition) is 2. The number of aromatic amines is 1. The Morgan fingerprint density at radius 3 is 2.83 bits per heavy atom. The topological polar surface area (TPSA) is 70.7 Å². The molecule has 18 heavy (non-hydrogen) atoms. The quantitative estimate of drug-likeness (QED) is 0.859. The molecule has 2 aromatic rings. The Kier molecular flexibility index (Phi) is 4.35. The lowest BCUT2D eigenvalue weighted by Gasteiger charge is -2.17. The molecule has 5 nitrogen and oxygen atoms in total. The number of rotatable bonds is 5. The molecule has 1 aromatic heterocycles. The number of benzene rings is 1. The SMILES string of the molecule is CSC[C@H](NC(=O)c1cn[nH]n1)c1ccccc1. The van der Waals surface area contributed by atoms with Gasteiger partial charge in [-0.05, 0) is 11.8 Å². The van der Waals surface area contributed by atoms with E-state index in [1.54, 1.807) is 11.8 Å². The van der Waals surface area contributed by atoms with E-state index in [1.165, 1.54) is 6.20 Å². The molecule has 0 radical (unpaired) electrons. The maximum Gasteiger partial charge on any atom is 0.273 e. The van der Waals surface area contributed by atoms with E-state index in [-0.39, 0.29) is 11.9 Å². The second-order valence-electron chi connectivity index (χ2n) is 3.75. The van der Waals surface area contributed by atoms with Crippen molar-refractivity contribution in [1.82, 2.24) is 20.7 Å². The number of nitrogens with zero attached hydrogens (tertiary/aromatic N) is 2. The molecule has 1 atom stereocenters. The normalized spacial score (nSPS) is 12.1. The summed E-state index contributed by atoms with van der Waals surface area (Å²) in [4.78, 5) is 11.9. The van der Waals surface area contributed by atoms with Crippen LogP contribution in [-0.2, 0) is 0 Å². The zero-order valence-corrected chi connectivity index (χ0v) is 10.8. The van der Waals surface area contributed by atoms with E-state index in [4.69, 9.17) is 0 Å². The van der Waals surface area contributed by atoms with E-state index in [0.717, 1.165) is 11.3 Å². The summed E-state index contributed by atoms with van der Waals surface area (Å²) in [5, 5.41) is 12.8. The number of hydrogen-bond acceptors (Lipinski definition) is 4. The summed E-state index contributed by atoms with van der Waals surface area (Å²) in [6.45, 7) is 0. The lowest BCUT2D eigenvalue weighted by Crippen LogP contribution is -2.30. The molecular weight excluding hydrogens is 248 g/mol. The molecule has 0 saturated heterocycles. The second-order valence-corrected chi connectivity index (χ2v) is 4.66. The minimum atomic E-state index is -0.216. The number of aromatic nitrogens is 3. The summed E-state index contributed by atoms with van der Waals surface area (Å²) < 4.78 is 0. The molecule has 1 aromatic carbocycles. The van der Waals surface area contributed by atoms with Crippen LogP contribution in [0, 0.1) is 0 Å². The van der Waals surface area contributed by atoms with Crippen molar-refractivity contribution < 1.29 is 4.79 Å². The highest BCUT2D eigenvalue weighted by molar-refractivity contribution is 7.98. The van der Waals surface area contributed by atoms with Crippen LogP contribution in [0.5, 0.6) is 0 Å². The van der Waals surface area contributed by atoms with Crippen molar-refractivity contribution in [3.05, 3.63) is 47.8 Å². The molecule has 0 spiro atoms. The second kappa shape index (κ2) is 6.20. The van der Waals surface area contributed by atoms with Gasteiger partial charge in [-0.15, -0.1) is 0 Å². The van der Waals surface area contributed by atoms with Crippen LogP contribution in [0.1, 0.15) is 22.1 Å². The monoisotopic (exact) mass is 262 g/mol. The van der Waals surface area contributed by atoms with Gasteiger partial charge in [-0.3, -0.25) is 4.79 Å². The van der Waals surface area contributed by atoms with E-state index >= 15 is 0 Å². The average Bonchev–Trinajstić information content (AvgIpc) is 2.93. The molecular formula is C12H14N4OS. The molecule has 6 heteroatoms. The number of thioether (sulfide) groups is 1. The molecule has 94 valence electrons. The van der Waals surface area contributed by atoms with E-state index in [0.29, 0.717) is 5.69 Å². The standard InChI is InChI=1S/C12H14N4OS/c1-18-8-11(9-5-3-2-4-6-9)14-12(17)10-7-13-16-15-10/h2-7,11H,8H2,1H3,(H,14,17)(H,13,15,16)/t11-/m0/s1. The van der Waals surface area contributed by atoms with Gasteiger partial charge in [-0.25, -0.2) is 0 Å². The summed E-state index contributed by atoms with van der Waals surface area (Å²) >= 11 is 1.69.